The molecule has 5 nitrogen and oxygen atoms in total. The van der Waals surface area contributed by atoms with Crippen molar-refractivity contribution in [2.45, 2.75) is 225 Å². The Hall–Kier alpha value is -2.14. The normalized spacial score (nSPS) is 12.6. The average Bonchev–Trinajstić information content (AvgIpc) is 3.15. The summed E-state index contributed by atoms with van der Waals surface area (Å²) in [5, 5.41) is 9.57. The second-order valence-corrected chi connectivity index (χ2v) is 14.8. The van der Waals surface area contributed by atoms with Crippen molar-refractivity contribution >= 4 is 11.9 Å². The van der Waals surface area contributed by atoms with E-state index in [2.05, 4.69) is 62.5 Å². The van der Waals surface area contributed by atoms with Gasteiger partial charge in [-0.15, -0.1) is 0 Å². The predicted molar refractivity (Wildman–Crippen MR) is 224 cm³/mol. The van der Waals surface area contributed by atoms with Gasteiger partial charge in [-0.3, -0.25) is 9.59 Å². The Bertz CT molecular complexity index is 873. The van der Waals surface area contributed by atoms with Gasteiger partial charge in [0, 0.05) is 12.8 Å². The molecule has 1 atom stereocenters. The molecule has 0 aliphatic rings. The van der Waals surface area contributed by atoms with Crippen LogP contribution in [-0.2, 0) is 19.1 Å². The Labute approximate surface area is 322 Å². The molecular weight excluding hydrogens is 645 g/mol. The number of carbonyl (C=O) groups excluding carboxylic acids is 2. The molecule has 0 unspecified atom stereocenters. The highest BCUT2D eigenvalue weighted by Crippen LogP contribution is 2.14. The molecule has 0 heterocycles. The van der Waals surface area contributed by atoms with Gasteiger partial charge < -0.3 is 14.6 Å². The number of aliphatic hydroxyl groups excluding tert-OH is 1. The minimum atomic E-state index is -0.798. The van der Waals surface area contributed by atoms with Crippen LogP contribution in [0.3, 0.4) is 0 Å². The third-order valence-corrected chi connectivity index (χ3v) is 9.57. The van der Waals surface area contributed by atoms with Crippen LogP contribution in [0.25, 0.3) is 0 Å². The Balaban J connectivity index is 3.59. The lowest BCUT2D eigenvalue weighted by molar-refractivity contribution is -0.161. The number of ether oxygens (including phenoxy) is 2. The lowest BCUT2D eigenvalue weighted by Gasteiger charge is -2.15. The molecule has 0 aromatic carbocycles. The number of unbranched alkanes of at least 4 members (excludes halogenated alkanes) is 24. The van der Waals surface area contributed by atoms with E-state index in [1.165, 1.54) is 135 Å². The highest BCUT2D eigenvalue weighted by Gasteiger charge is 2.16. The third-order valence-electron chi connectivity index (χ3n) is 9.57. The van der Waals surface area contributed by atoms with Gasteiger partial charge in [0.15, 0.2) is 6.10 Å². The first-order chi connectivity index (χ1) is 25.6. The van der Waals surface area contributed by atoms with Crippen molar-refractivity contribution in [1.82, 2.24) is 0 Å². The van der Waals surface area contributed by atoms with Gasteiger partial charge in [0.1, 0.15) is 6.61 Å². The molecule has 0 aromatic heterocycles. The van der Waals surface area contributed by atoms with E-state index in [-0.39, 0.29) is 25.2 Å². The Morgan fingerprint density at radius 2 is 0.808 bits per heavy atom. The molecule has 0 aliphatic carbocycles. The summed E-state index contributed by atoms with van der Waals surface area (Å²) in [6, 6.07) is 0. The van der Waals surface area contributed by atoms with Crippen LogP contribution in [0, 0.1) is 0 Å². The molecule has 0 aliphatic heterocycles. The summed E-state index contributed by atoms with van der Waals surface area (Å²) in [5.74, 6) is -0.654. The van der Waals surface area contributed by atoms with Gasteiger partial charge in [0.25, 0.3) is 0 Å². The zero-order chi connectivity index (χ0) is 37.8. The van der Waals surface area contributed by atoms with E-state index in [9.17, 15) is 14.7 Å². The molecule has 5 heteroatoms. The van der Waals surface area contributed by atoms with Crippen LogP contribution < -0.4 is 0 Å². The van der Waals surface area contributed by atoms with Crippen molar-refractivity contribution in [3.05, 3.63) is 48.6 Å². The van der Waals surface area contributed by atoms with Crippen LogP contribution in [-0.4, -0.2) is 36.4 Å². The Morgan fingerprint density at radius 3 is 1.31 bits per heavy atom. The molecule has 0 amide bonds. The van der Waals surface area contributed by atoms with Gasteiger partial charge in [0.2, 0.25) is 0 Å². The number of hydrogen-bond donors (Lipinski definition) is 1. The second-order valence-electron chi connectivity index (χ2n) is 14.8. The maximum absolute atomic E-state index is 12.2. The van der Waals surface area contributed by atoms with Crippen LogP contribution in [0.2, 0.25) is 0 Å². The van der Waals surface area contributed by atoms with E-state index >= 15 is 0 Å². The van der Waals surface area contributed by atoms with Gasteiger partial charge in [-0.2, -0.15) is 0 Å². The van der Waals surface area contributed by atoms with Crippen LogP contribution in [0.4, 0.5) is 0 Å². The van der Waals surface area contributed by atoms with Crippen LogP contribution in [0.15, 0.2) is 48.6 Å². The number of esters is 2. The smallest absolute Gasteiger partial charge is 0.306 e. The minimum absolute atomic E-state index is 0.0891. The average molecular weight is 729 g/mol. The first-order valence-electron chi connectivity index (χ1n) is 22.2. The Morgan fingerprint density at radius 1 is 0.442 bits per heavy atom. The van der Waals surface area contributed by atoms with E-state index in [4.69, 9.17) is 9.47 Å². The lowest BCUT2D eigenvalue weighted by Crippen LogP contribution is -2.28. The van der Waals surface area contributed by atoms with Crippen molar-refractivity contribution in [2.24, 2.45) is 0 Å². The topological polar surface area (TPSA) is 72.8 Å². The number of rotatable bonds is 40. The van der Waals surface area contributed by atoms with Gasteiger partial charge in [-0.1, -0.05) is 178 Å². The molecular formula is C47H84O5. The number of aliphatic hydroxyl groups is 1. The molecule has 52 heavy (non-hydrogen) atoms. The van der Waals surface area contributed by atoms with E-state index < -0.39 is 6.10 Å². The standard InChI is InChI=1S/C47H84O5/c1-3-5-7-9-11-13-15-17-19-20-21-22-23-24-25-26-28-30-32-34-36-38-40-42-47(50)52-45(43-48)44-51-46(49)41-39-37-35-33-31-29-27-18-16-14-12-10-8-6-4-2/h12,14,18,26-28,34,36,45,48H,3-11,13,15-17,19-25,29-33,35,37-44H2,1-2H3/b14-12+,27-18+,28-26+,36-34+/t45-/m0/s1. The van der Waals surface area contributed by atoms with E-state index in [0.717, 1.165) is 51.4 Å². The zero-order valence-corrected chi connectivity index (χ0v) is 34.3. The molecule has 0 radical (unpaired) electrons. The summed E-state index contributed by atoms with van der Waals surface area (Å²) in [4.78, 5) is 24.3. The van der Waals surface area contributed by atoms with Gasteiger partial charge in [0.05, 0.1) is 6.61 Å². The Kier molecular flexibility index (Phi) is 41.5. The third kappa shape index (κ3) is 40.6. The summed E-state index contributed by atoms with van der Waals surface area (Å²) in [6.45, 7) is 4.08. The fraction of sp³-hybridized carbons (Fsp3) is 0.787. The van der Waals surface area contributed by atoms with Crippen molar-refractivity contribution in [3.63, 3.8) is 0 Å². The first-order valence-corrected chi connectivity index (χ1v) is 22.2. The summed E-state index contributed by atoms with van der Waals surface area (Å²) >= 11 is 0. The van der Waals surface area contributed by atoms with Crippen LogP contribution >= 0.6 is 0 Å². The maximum Gasteiger partial charge on any atom is 0.306 e. The fourth-order valence-corrected chi connectivity index (χ4v) is 6.19. The first kappa shape index (κ1) is 49.9. The number of allylic oxidation sites excluding steroid dienone is 8. The monoisotopic (exact) mass is 729 g/mol. The zero-order valence-electron chi connectivity index (χ0n) is 34.3. The molecule has 0 saturated heterocycles. The van der Waals surface area contributed by atoms with Gasteiger partial charge in [-0.05, 0) is 77.0 Å². The van der Waals surface area contributed by atoms with Gasteiger partial charge in [-0.25, -0.2) is 0 Å². The van der Waals surface area contributed by atoms with Crippen LogP contribution in [0.1, 0.15) is 219 Å². The van der Waals surface area contributed by atoms with Crippen molar-refractivity contribution in [1.29, 1.82) is 0 Å². The minimum Gasteiger partial charge on any atom is -0.462 e. The predicted octanol–water partition coefficient (Wildman–Crippen LogP) is 14.2. The maximum atomic E-state index is 12.2. The molecule has 1 N–H and O–H groups in total. The highest BCUT2D eigenvalue weighted by atomic mass is 16.6. The molecule has 0 bridgehead atoms. The van der Waals surface area contributed by atoms with Gasteiger partial charge >= 0.3 is 11.9 Å². The summed E-state index contributed by atoms with van der Waals surface area (Å²) < 4.78 is 10.6. The van der Waals surface area contributed by atoms with Crippen molar-refractivity contribution in [2.75, 3.05) is 13.2 Å². The van der Waals surface area contributed by atoms with Crippen LogP contribution in [0.5, 0.6) is 0 Å². The number of hydrogen-bond acceptors (Lipinski definition) is 5. The fourth-order valence-electron chi connectivity index (χ4n) is 6.19. The van der Waals surface area contributed by atoms with E-state index in [1.54, 1.807) is 0 Å². The molecule has 0 fully saturated rings. The number of carbonyl (C=O) groups is 2. The molecule has 302 valence electrons. The van der Waals surface area contributed by atoms with Crippen molar-refractivity contribution in [3.8, 4) is 0 Å². The quantitative estimate of drug-likeness (QED) is 0.0386. The summed E-state index contributed by atoms with van der Waals surface area (Å²) in [5.41, 5.74) is 0. The SMILES string of the molecule is CCCCC/C=C/C/C=C/CCCCCCCC(=O)OC[C@H](CO)OC(=O)CCC/C=C/CC/C=C/CCCCCCCCCCCCCCCC. The van der Waals surface area contributed by atoms with Crippen molar-refractivity contribution < 1.29 is 24.2 Å². The van der Waals surface area contributed by atoms with E-state index in [1.807, 2.05) is 0 Å². The molecule has 0 aromatic rings. The largest absolute Gasteiger partial charge is 0.462 e. The molecule has 0 spiro atoms. The van der Waals surface area contributed by atoms with E-state index in [0.29, 0.717) is 19.3 Å². The lowest BCUT2D eigenvalue weighted by atomic mass is 10.0. The molecule has 0 rings (SSSR count). The molecule has 0 saturated carbocycles. The second kappa shape index (κ2) is 43.3. The summed E-state index contributed by atoms with van der Waals surface area (Å²) in [6.07, 6.45) is 54.8. The highest BCUT2D eigenvalue weighted by molar-refractivity contribution is 5.70. The summed E-state index contributed by atoms with van der Waals surface area (Å²) in [7, 11) is 0.